The highest BCUT2D eigenvalue weighted by molar-refractivity contribution is 5.78. The van der Waals surface area contributed by atoms with Gasteiger partial charge in [-0.05, 0) is 26.2 Å². The Morgan fingerprint density at radius 3 is 2.30 bits per heavy atom. The summed E-state index contributed by atoms with van der Waals surface area (Å²) in [6.07, 6.45) is -3.00. The molecule has 2 atom stereocenters. The normalized spacial score (nSPS) is 26.7. The third-order valence-corrected chi connectivity index (χ3v) is 3.90. The first-order chi connectivity index (χ1) is 9.20. The largest absolute Gasteiger partial charge is 0.481 e. The van der Waals surface area contributed by atoms with Crippen molar-refractivity contribution in [3.8, 4) is 0 Å². The number of hydrogen-bond acceptors (Lipinski definition) is 2. The van der Waals surface area contributed by atoms with Crippen LogP contribution in [0.25, 0.3) is 0 Å². The topological polar surface area (TPSA) is 60.9 Å². The number of urea groups is 1. The molecule has 2 rings (SSSR count). The summed E-state index contributed by atoms with van der Waals surface area (Å²) >= 11 is 0. The van der Waals surface area contributed by atoms with E-state index in [4.69, 9.17) is 5.11 Å². The minimum atomic E-state index is -4.44. The van der Waals surface area contributed by atoms with Gasteiger partial charge in [-0.1, -0.05) is 0 Å². The highest BCUT2D eigenvalue weighted by atomic mass is 19.4. The number of hydrogen-bond donors (Lipinski definition) is 1. The Bertz CT molecular complexity index is 409. The molecule has 1 aliphatic heterocycles. The number of carboxylic acid groups (broad SMARTS) is 1. The molecule has 20 heavy (non-hydrogen) atoms. The van der Waals surface area contributed by atoms with Crippen molar-refractivity contribution in [1.82, 2.24) is 9.80 Å². The van der Waals surface area contributed by atoms with Gasteiger partial charge in [0.1, 0.15) is 6.54 Å². The van der Waals surface area contributed by atoms with Crippen LogP contribution < -0.4 is 0 Å². The fourth-order valence-corrected chi connectivity index (χ4v) is 2.64. The average Bonchev–Trinajstić information content (AvgIpc) is 3.07. The van der Waals surface area contributed by atoms with Crippen LogP contribution in [0.3, 0.4) is 0 Å². The molecule has 0 aromatic rings. The summed E-state index contributed by atoms with van der Waals surface area (Å²) in [6.45, 7) is 0.498. The number of halogens is 3. The molecule has 0 spiro atoms. The lowest BCUT2D eigenvalue weighted by atomic mass is 10.0. The molecule has 0 radical (unpaired) electrons. The summed E-state index contributed by atoms with van der Waals surface area (Å²) in [7, 11) is 0. The van der Waals surface area contributed by atoms with Crippen LogP contribution in [-0.4, -0.2) is 58.3 Å². The van der Waals surface area contributed by atoms with Gasteiger partial charge in [0.25, 0.3) is 0 Å². The van der Waals surface area contributed by atoms with E-state index in [1.54, 1.807) is 6.92 Å². The van der Waals surface area contributed by atoms with Crippen molar-refractivity contribution in [2.24, 2.45) is 5.92 Å². The van der Waals surface area contributed by atoms with E-state index in [1.807, 2.05) is 0 Å². The van der Waals surface area contributed by atoms with Crippen LogP contribution >= 0.6 is 0 Å². The summed E-state index contributed by atoms with van der Waals surface area (Å²) in [5.74, 6) is -1.72. The quantitative estimate of drug-likeness (QED) is 0.865. The predicted octanol–water partition coefficient (Wildman–Crippen LogP) is 1.93. The molecule has 0 aromatic carbocycles. The molecule has 2 aliphatic rings. The highest BCUT2D eigenvalue weighted by Gasteiger charge is 2.46. The van der Waals surface area contributed by atoms with Gasteiger partial charge >= 0.3 is 18.2 Å². The summed E-state index contributed by atoms with van der Waals surface area (Å²) in [4.78, 5) is 25.3. The molecule has 2 amide bonds. The van der Waals surface area contributed by atoms with Gasteiger partial charge in [-0.2, -0.15) is 13.2 Å². The van der Waals surface area contributed by atoms with Crippen molar-refractivity contribution in [2.75, 3.05) is 13.1 Å². The number of likely N-dealkylation sites (tertiary alicyclic amines) is 1. The lowest BCUT2D eigenvalue weighted by Gasteiger charge is -2.31. The number of carbonyl (C=O) groups is 2. The second kappa shape index (κ2) is 5.14. The maximum Gasteiger partial charge on any atom is 0.406 e. The molecule has 1 N–H and O–H groups in total. The van der Waals surface area contributed by atoms with Crippen LogP contribution in [0.1, 0.15) is 26.2 Å². The van der Waals surface area contributed by atoms with Crippen LogP contribution in [0.4, 0.5) is 18.0 Å². The van der Waals surface area contributed by atoms with Crippen LogP contribution in [0.5, 0.6) is 0 Å². The maximum absolute atomic E-state index is 12.5. The van der Waals surface area contributed by atoms with Crippen LogP contribution in [0.2, 0.25) is 0 Å². The highest BCUT2D eigenvalue weighted by Crippen LogP contribution is 2.33. The lowest BCUT2D eigenvalue weighted by molar-refractivity contribution is -0.144. The molecule has 5 nitrogen and oxygen atoms in total. The molecule has 114 valence electrons. The first-order valence-electron chi connectivity index (χ1n) is 6.57. The second-order valence-electron chi connectivity index (χ2n) is 5.42. The molecular formula is C12H17F3N2O3. The molecule has 1 aliphatic carbocycles. The smallest absolute Gasteiger partial charge is 0.406 e. The second-order valence-corrected chi connectivity index (χ2v) is 5.42. The van der Waals surface area contributed by atoms with Gasteiger partial charge in [0.15, 0.2) is 0 Å². The van der Waals surface area contributed by atoms with E-state index < -0.39 is 36.7 Å². The van der Waals surface area contributed by atoms with Gasteiger partial charge in [-0.25, -0.2) is 4.79 Å². The molecule has 2 unspecified atom stereocenters. The minimum absolute atomic E-state index is 0.193. The van der Waals surface area contributed by atoms with E-state index in [0.29, 0.717) is 12.8 Å². The first kappa shape index (κ1) is 14.9. The third-order valence-electron chi connectivity index (χ3n) is 3.90. The van der Waals surface area contributed by atoms with Crippen molar-refractivity contribution >= 4 is 12.0 Å². The third kappa shape index (κ3) is 3.16. The predicted molar refractivity (Wildman–Crippen MR) is 63.1 cm³/mol. The maximum atomic E-state index is 12.5. The molecule has 1 saturated heterocycles. The van der Waals surface area contributed by atoms with E-state index in [0.717, 1.165) is 4.90 Å². The van der Waals surface area contributed by atoms with Gasteiger partial charge in [-0.15, -0.1) is 0 Å². The van der Waals surface area contributed by atoms with Crippen molar-refractivity contribution < 1.29 is 27.9 Å². The van der Waals surface area contributed by atoms with Gasteiger partial charge in [-0.3, -0.25) is 4.79 Å². The zero-order chi connectivity index (χ0) is 15.1. The summed E-state index contributed by atoms with van der Waals surface area (Å²) in [6, 6.07) is -1.63. The summed E-state index contributed by atoms with van der Waals surface area (Å²) in [5, 5.41) is 9.00. The number of carboxylic acids is 1. The molecule has 8 heteroatoms. The average molecular weight is 294 g/mol. The zero-order valence-corrected chi connectivity index (χ0v) is 11.1. The molecule has 0 bridgehead atoms. The molecule has 0 aromatic heterocycles. The minimum Gasteiger partial charge on any atom is -0.481 e. The fraction of sp³-hybridized carbons (Fsp3) is 0.833. The van der Waals surface area contributed by atoms with Crippen molar-refractivity contribution in [3.05, 3.63) is 0 Å². The molecular weight excluding hydrogens is 277 g/mol. The standard InChI is InChI=1S/C12H17F3N2O3/c1-7-9(10(18)19)4-5-16(7)11(20)17(8-2-3-8)6-12(13,14)15/h7-9H,2-6H2,1H3,(H,18,19). The van der Waals surface area contributed by atoms with E-state index in [2.05, 4.69) is 0 Å². The van der Waals surface area contributed by atoms with E-state index in [1.165, 1.54) is 4.90 Å². The van der Waals surface area contributed by atoms with E-state index >= 15 is 0 Å². The molecule has 2 fully saturated rings. The Morgan fingerprint density at radius 2 is 1.90 bits per heavy atom. The zero-order valence-electron chi connectivity index (χ0n) is 11.1. The number of carbonyl (C=O) groups excluding carboxylic acids is 1. The van der Waals surface area contributed by atoms with Crippen LogP contribution in [-0.2, 0) is 4.79 Å². The van der Waals surface area contributed by atoms with Gasteiger partial charge in [0.2, 0.25) is 0 Å². The number of aliphatic carboxylic acids is 1. The van der Waals surface area contributed by atoms with Crippen LogP contribution in [0, 0.1) is 5.92 Å². The SMILES string of the molecule is CC1C(C(=O)O)CCN1C(=O)N(CC(F)(F)F)C1CC1. The number of rotatable bonds is 3. The monoisotopic (exact) mass is 294 g/mol. The lowest BCUT2D eigenvalue weighted by Crippen LogP contribution is -2.50. The van der Waals surface area contributed by atoms with Crippen molar-refractivity contribution in [3.63, 3.8) is 0 Å². The first-order valence-corrected chi connectivity index (χ1v) is 6.57. The Hall–Kier alpha value is -1.47. The fourth-order valence-electron chi connectivity index (χ4n) is 2.64. The van der Waals surface area contributed by atoms with Gasteiger partial charge < -0.3 is 14.9 Å². The van der Waals surface area contributed by atoms with Crippen molar-refractivity contribution in [1.29, 1.82) is 0 Å². The number of amides is 2. The van der Waals surface area contributed by atoms with Crippen LogP contribution in [0.15, 0.2) is 0 Å². The van der Waals surface area contributed by atoms with E-state index in [-0.39, 0.29) is 19.0 Å². The van der Waals surface area contributed by atoms with Crippen molar-refractivity contribution in [2.45, 2.75) is 44.4 Å². The Morgan fingerprint density at radius 1 is 1.30 bits per heavy atom. The summed E-state index contributed by atoms with van der Waals surface area (Å²) < 4.78 is 37.6. The Balaban J connectivity index is 2.07. The van der Waals surface area contributed by atoms with E-state index in [9.17, 15) is 22.8 Å². The number of nitrogens with zero attached hydrogens (tertiary/aromatic N) is 2. The summed E-state index contributed by atoms with van der Waals surface area (Å²) in [5.41, 5.74) is 0. The Kier molecular flexibility index (Phi) is 3.84. The molecule has 1 saturated carbocycles. The van der Waals surface area contributed by atoms with Gasteiger partial charge in [0, 0.05) is 18.6 Å². The number of alkyl halides is 3. The Labute approximate surface area is 114 Å². The molecule has 1 heterocycles. The van der Waals surface area contributed by atoms with Gasteiger partial charge in [0.05, 0.1) is 5.92 Å².